The zero-order valence-electron chi connectivity index (χ0n) is 10.7. The Hall–Kier alpha value is -1.98. The molecule has 0 unspecified atom stereocenters. The highest BCUT2D eigenvalue weighted by Gasteiger charge is 2.12. The highest BCUT2D eigenvalue weighted by Crippen LogP contribution is 2.22. The van der Waals surface area contributed by atoms with Gasteiger partial charge in [-0.3, -0.25) is 0 Å². The maximum Gasteiger partial charge on any atom is 0.338 e. The Morgan fingerprint density at radius 2 is 2.19 bits per heavy atom. The quantitative estimate of drug-likeness (QED) is 0.669. The van der Waals surface area contributed by atoms with Crippen molar-refractivity contribution in [3.63, 3.8) is 0 Å². The molecule has 21 heavy (non-hydrogen) atoms. The van der Waals surface area contributed by atoms with Crippen LogP contribution in [0.15, 0.2) is 41.9 Å². The molecular formula is C15H9ClFNO2S. The SMILES string of the molecule is O=C(OCc1c(F)cccc1Cl)c1ccc2ncsc2c1. The number of aromatic nitrogens is 1. The molecule has 2 aromatic carbocycles. The van der Waals surface area contributed by atoms with Crippen LogP contribution >= 0.6 is 22.9 Å². The fourth-order valence-corrected chi connectivity index (χ4v) is 2.81. The third-order valence-electron chi connectivity index (χ3n) is 2.98. The van der Waals surface area contributed by atoms with E-state index in [1.54, 1.807) is 29.8 Å². The lowest BCUT2D eigenvalue weighted by Gasteiger charge is -2.07. The summed E-state index contributed by atoms with van der Waals surface area (Å²) < 4.78 is 19.6. The number of halogens is 2. The average molecular weight is 322 g/mol. The first-order valence-electron chi connectivity index (χ1n) is 6.08. The number of nitrogens with zero attached hydrogens (tertiary/aromatic N) is 1. The highest BCUT2D eigenvalue weighted by atomic mass is 35.5. The zero-order valence-corrected chi connectivity index (χ0v) is 12.2. The first kappa shape index (κ1) is 14.0. The van der Waals surface area contributed by atoms with Crippen molar-refractivity contribution in [2.24, 2.45) is 0 Å². The van der Waals surface area contributed by atoms with E-state index in [1.165, 1.54) is 23.5 Å². The van der Waals surface area contributed by atoms with E-state index >= 15 is 0 Å². The maximum absolute atomic E-state index is 13.6. The highest BCUT2D eigenvalue weighted by molar-refractivity contribution is 7.16. The largest absolute Gasteiger partial charge is 0.457 e. The molecule has 0 atom stereocenters. The Morgan fingerprint density at radius 3 is 3.00 bits per heavy atom. The summed E-state index contributed by atoms with van der Waals surface area (Å²) in [7, 11) is 0. The smallest absolute Gasteiger partial charge is 0.338 e. The molecule has 0 radical (unpaired) electrons. The van der Waals surface area contributed by atoms with Crippen LogP contribution < -0.4 is 0 Å². The van der Waals surface area contributed by atoms with Crippen LogP contribution in [-0.2, 0) is 11.3 Å². The maximum atomic E-state index is 13.6. The summed E-state index contributed by atoms with van der Waals surface area (Å²) in [4.78, 5) is 16.1. The Morgan fingerprint density at radius 1 is 1.33 bits per heavy atom. The minimum atomic E-state index is -0.524. The van der Waals surface area contributed by atoms with Crippen LogP contribution in [0.2, 0.25) is 5.02 Å². The summed E-state index contributed by atoms with van der Waals surface area (Å²) in [5.74, 6) is -1.02. The first-order chi connectivity index (χ1) is 10.1. The van der Waals surface area contributed by atoms with Gasteiger partial charge in [0.15, 0.2) is 0 Å². The molecule has 3 aromatic rings. The molecule has 0 N–H and O–H groups in total. The molecule has 0 aliphatic rings. The van der Waals surface area contributed by atoms with E-state index in [0.29, 0.717) is 5.56 Å². The number of esters is 1. The zero-order chi connectivity index (χ0) is 14.8. The fraction of sp³-hybridized carbons (Fsp3) is 0.0667. The third-order valence-corrected chi connectivity index (χ3v) is 4.12. The van der Waals surface area contributed by atoms with Crippen molar-refractivity contribution in [1.29, 1.82) is 0 Å². The summed E-state index contributed by atoms with van der Waals surface area (Å²) in [6.45, 7) is -0.203. The van der Waals surface area contributed by atoms with Gasteiger partial charge in [0, 0.05) is 5.56 Å². The van der Waals surface area contributed by atoms with Gasteiger partial charge in [0.2, 0.25) is 0 Å². The molecule has 0 spiro atoms. The van der Waals surface area contributed by atoms with Gasteiger partial charge in [-0.05, 0) is 30.3 Å². The van der Waals surface area contributed by atoms with Gasteiger partial charge in [0.1, 0.15) is 12.4 Å². The molecule has 3 nitrogen and oxygen atoms in total. The molecule has 0 saturated carbocycles. The second-order valence-corrected chi connectivity index (χ2v) is 5.60. The van der Waals surface area contributed by atoms with Crippen LogP contribution in [0.25, 0.3) is 10.2 Å². The van der Waals surface area contributed by atoms with Crippen molar-refractivity contribution in [2.75, 3.05) is 0 Å². The number of carbonyl (C=O) groups excluding carboxylic acids is 1. The normalized spacial score (nSPS) is 10.8. The average Bonchev–Trinajstić information content (AvgIpc) is 2.93. The molecule has 0 bridgehead atoms. The Bertz CT molecular complexity index is 798. The summed E-state index contributed by atoms with van der Waals surface area (Å²) >= 11 is 7.32. The molecule has 3 rings (SSSR count). The summed E-state index contributed by atoms with van der Waals surface area (Å²) in [5, 5.41) is 0.237. The van der Waals surface area contributed by atoms with Gasteiger partial charge < -0.3 is 4.74 Å². The number of carbonyl (C=O) groups is 1. The van der Waals surface area contributed by atoms with Crippen molar-refractivity contribution in [3.8, 4) is 0 Å². The Labute approximate surface area is 129 Å². The Kier molecular flexibility index (Phi) is 3.86. The van der Waals surface area contributed by atoms with Crippen LogP contribution in [-0.4, -0.2) is 11.0 Å². The van der Waals surface area contributed by atoms with E-state index in [0.717, 1.165) is 10.2 Å². The van der Waals surface area contributed by atoms with Crippen LogP contribution in [0.4, 0.5) is 4.39 Å². The molecule has 0 aliphatic heterocycles. The summed E-state index contributed by atoms with van der Waals surface area (Å²) in [6.07, 6.45) is 0. The minimum Gasteiger partial charge on any atom is -0.457 e. The van der Waals surface area contributed by atoms with E-state index in [4.69, 9.17) is 16.3 Å². The van der Waals surface area contributed by atoms with Gasteiger partial charge in [0.25, 0.3) is 0 Å². The number of benzene rings is 2. The minimum absolute atomic E-state index is 0.173. The Balaban J connectivity index is 1.77. The standard InChI is InChI=1S/C15H9ClFNO2S/c16-11-2-1-3-12(17)10(11)7-20-15(19)9-4-5-13-14(6-9)21-8-18-13/h1-6,8H,7H2. The van der Waals surface area contributed by atoms with E-state index in [2.05, 4.69) is 4.98 Å². The van der Waals surface area contributed by atoms with Crippen LogP contribution in [0, 0.1) is 5.82 Å². The molecule has 6 heteroatoms. The molecule has 0 aliphatic carbocycles. The first-order valence-corrected chi connectivity index (χ1v) is 7.34. The van der Waals surface area contributed by atoms with E-state index in [1.807, 2.05) is 0 Å². The lowest BCUT2D eigenvalue weighted by molar-refractivity contribution is 0.0469. The van der Waals surface area contributed by atoms with Crippen molar-refractivity contribution in [3.05, 3.63) is 63.9 Å². The van der Waals surface area contributed by atoms with E-state index in [-0.39, 0.29) is 17.2 Å². The molecule has 0 saturated heterocycles. The molecule has 0 fully saturated rings. The van der Waals surface area contributed by atoms with Gasteiger partial charge in [-0.2, -0.15) is 0 Å². The fourth-order valence-electron chi connectivity index (χ4n) is 1.87. The summed E-state index contributed by atoms with van der Waals surface area (Å²) in [6, 6.07) is 9.42. The van der Waals surface area contributed by atoms with Crippen LogP contribution in [0.3, 0.4) is 0 Å². The number of hydrogen-bond donors (Lipinski definition) is 0. The molecule has 106 valence electrons. The number of ether oxygens (including phenoxy) is 1. The van der Waals surface area contributed by atoms with Gasteiger partial charge in [-0.1, -0.05) is 17.7 Å². The molecule has 0 amide bonds. The van der Waals surface area contributed by atoms with E-state index < -0.39 is 11.8 Å². The molecule has 1 aromatic heterocycles. The van der Waals surface area contributed by atoms with Gasteiger partial charge in [0.05, 0.1) is 26.3 Å². The number of rotatable bonds is 3. The van der Waals surface area contributed by atoms with Crippen LogP contribution in [0.5, 0.6) is 0 Å². The second kappa shape index (κ2) is 5.79. The van der Waals surface area contributed by atoms with Crippen molar-refractivity contribution in [1.82, 2.24) is 4.98 Å². The topological polar surface area (TPSA) is 39.2 Å². The lowest BCUT2D eigenvalue weighted by Crippen LogP contribution is -2.06. The lowest BCUT2D eigenvalue weighted by atomic mass is 10.2. The third kappa shape index (κ3) is 2.89. The molecule has 1 heterocycles. The van der Waals surface area contributed by atoms with Gasteiger partial charge in [-0.15, -0.1) is 11.3 Å². The monoisotopic (exact) mass is 321 g/mol. The van der Waals surface area contributed by atoms with E-state index in [9.17, 15) is 9.18 Å². The van der Waals surface area contributed by atoms with Gasteiger partial charge >= 0.3 is 5.97 Å². The number of hydrogen-bond acceptors (Lipinski definition) is 4. The van der Waals surface area contributed by atoms with Crippen molar-refractivity contribution >= 4 is 39.1 Å². The van der Waals surface area contributed by atoms with Gasteiger partial charge in [-0.25, -0.2) is 14.2 Å². The predicted molar refractivity (Wildman–Crippen MR) is 80.1 cm³/mol. The second-order valence-electron chi connectivity index (χ2n) is 4.31. The number of fused-ring (bicyclic) bond motifs is 1. The molecular weight excluding hydrogens is 313 g/mol. The van der Waals surface area contributed by atoms with Crippen LogP contribution in [0.1, 0.15) is 15.9 Å². The van der Waals surface area contributed by atoms with Crippen molar-refractivity contribution in [2.45, 2.75) is 6.61 Å². The number of thiazole rings is 1. The predicted octanol–water partition coefficient (Wildman–Crippen LogP) is 4.45. The van der Waals surface area contributed by atoms with Crippen molar-refractivity contribution < 1.29 is 13.9 Å². The summed E-state index contributed by atoms with van der Waals surface area (Å²) in [5.41, 5.74) is 3.11.